The van der Waals surface area contributed by atoms with Gasteiger partial charge in [0.2, 0.25) is 0 Å². The highest BCUT2D eigenvalue weighted by Gasteiger charge is 2.21. The van der Waals surface area contributed by atoms with Crippen molar-refractivity contribution < 1.29 is 14.6 Å². The van der Waals surface area contributed by atoms with Crippen molar-refractivity contribution in [3.8, 4) is 0 Å². The van der Waals surface area contributed by atoms with E-state index in [-0.39, 0.29) is 12.7 Å². The molecule has 0 aliphatic carbocycles. The summed E-state index contributed by atoms with van der Waals surface area (Å²) in [4.78, 5) is 13.9. The van der Waals surface area contributed by atoms with Crippen molar-refractivity contribution in [1.29, 1.82) is 0 Å². The molecule has 0 saturated carbocycles. The molecule has 0 spiro atoms. The number of fused-ring (bicyclic) bond motifs is 1. The molecule has 3 rings (SSSR count). The molecule has 4 nitrogen and oxygen atoms in total. The Morgan fingerprint density at radius 3 is 2.68 bits per heavy atom. The minimum atomic E-state index is -0.288. The molecule has 1 heterocycles. The van der Waals surface area contributed by atoms with Crippen molar-refractivity contribution in [3.05, 3.63) is 70.8 Å². The van der Waals surface area contributed by atoms with E-state index in [2.05, 4.69) is 0 Å². The van der Waals surface area contributed by atoms with Gasteiger partial charge < -0.3 is 14.7 Å². The van der Waals surface area contributed by atoms with E-state index in [0.717, 1.165) is 23.1 Å². The van der Waals surface area contributed by atoms with Crippen LogP contribution in [0, 0.1) is 0 Å². The number of aliphatic hydroxyl groups is 1. The number of rotatable bonds is 3. The second kappa shape index (κ2) is 6.62. The molecular weight excluding hydrogens is 278 g/mol. The molecule has 2 aromatic rings. The molecule has 1 aliphatic heterocycles. The predicted octanol–water partition coefficient (Wildman–Crippen LogP) is 2.87. The topological polar surface area (TPSA) is 49.8 Å². The third kappa shape index (κ3) is 3.28. The normalized spacial score (nSPS) is 13.6. The zero-order valence-electron chi connectivity index (χ0n) is 12.4. The average molecular weight is 297 g/mol. The number of aliphatic hydroxyl groups excluding tert-OH is 1. The smallest absolute Gasteiger partial charge is 0.410 e. The van der Waals surface area contributed by atoms with Gasteiger partial charge in [0.15, 0.2) is 0 Å². The lowest BCUT2D eigenvalue weighted by Crippen LogP contribution is -2.36. The molecule has 0 unspecified atom stereocenters. The van der Waals surface area contributed by atoms with Gasteiger partial charge in [-0.25, -0.2) is 4.79 Å². The predicted molar refractivity (Wildman–Crippen MR) is 83.1 cm³/mol. The maximum Gasteiger partial charge on any atom is 0.410 e. The van der Waals surface area contributed by atoms with E-state index in [9.17, 15) is 9.90 Å². The summed E-state index contributed by atoms with van der Waals surface area (Å²) in [5.41, 5.74) is 4.19. The van der Waals surface area contributed by atoms with E-state index >= 15 is 0 Å². The zero-order valence-corrected chi connectivity index (χ0v) is 12.4. The minimum Gasteiger partial charge on any atom is -0.445 e. The monoisotopic (exact) mass is 297 g/mol. The Kier molecular flexibility index (Phi) is 4.39. The van der Waals surface area contributed by atoms with Crippen LogP contribution in [0.1, 0.15) is 22.3 Å². The molecule has 0 aromatic heterocycles. The number of hydrogen-bond acceptors (Lipinski definition) is 3. The van der Waals surface area contributed by atoms with Crippen molar-refractivity contribution in [2.45, 2.75) is 26.2 Å². The summed E-state index contributed by atoms with van der Waals surface area (Å²) in [6.07, 6.45) is 0.533. The first kappa shape index (κ1) is 14.6. The lowest BCUT2D eigenvalue weighted by molar-refractivity contribution is 0.0918. The van der Waals surface area contributed by atoms with E-state index in [4.69, 9.17) is 4.74 Å². The van der Waals surface area contributed by atoms with Crippen LogP contribution in [0.5, 0.6) is 0 Å². The Bertz CT molecular complexity index is 655. The molecule has 0 saturated heterocycles. The summed E-state index contributed by atoms with van der Waals surface area (Å²) in [6, 6.07) is 15.6. The highest BCUT2D eigenvalue weighted by molar-refractivity contribution is 5.68. The van der Waals surface area contributed by atoms with Gasteiger partial charge in [-0.3, -0.25) is 0 Å². The summed E-state index contributed by atoms with van der Waals surface area (Å²) in [6.45, 7) is 1.52. The van der Waals surface area contributed by atoms with E-state index in [1.807, 2.05) is 48.5 Å². The van der Waals surface area contributed by atoms with Gasteiger partial charge in [0, 0.05) is 13.1 Å². The zero-order chi connectivity index (χ0) is 15.4. The number of nitrogens with zero attached hydrogens (tertiary/aromatic N) is 1. The average Bonchev–Trinajstić information content (AvgIpc) is 2.59. The van der Waals surface area contributed by atoms with Crippen LogP contribution >= 0.6 is 0 Å². The number of ether oxygens (including phenoxy) is 1. The van der Waals surface area contributed by atoms with E-state index in [0.29, 0.717) is 19.7 Å². The molecule has 2 aromatic carbocycles. The lowest BCUT2D eigenvalue weighted by atomic mass is 9.98. The summed E-state index contributed by atoms with van der Waals surface area (Å²) < 4.78 is 5.38. The third-order valence-electron chi connectivity index (χ3n) is 3.93. The SMILES string of the molecule is O=C(OCc1ccccc1)N1CCc2ccc(CO)cc2C1. The molecular formula is C18H19NO3. The Morgan fingerprint density at radius 2 is 1.91 bits per heavy atom. The third-order valence-corrected chi connectivity index (χ3v) is 3.93. The van der Waals surface area contributed by atoms with Crippen LogP contribution in [0.2, 0.25) is 0 Å². The fraction of sp³-hybridized carbons (Fsp3) is 0.278. The van der Waals surface area contributed by atoms with E-state index in [1.54, 1.807) is 4.90 Å². The van der Waals surface area contributed by atoms with Crippen LogP contribution in [0.15, 0.2) is 48.5 Å². The van der Waals surface area contributed by atoms with Crippen LogP contribution in [0.4, 0.5) is 4.79 Å². The molecule has 0 atom stereocenters. The molecule has 114 valence electrons. The first-order chi connectivity index (χ1) is 10.8. The largest absolute Gasteiger partial charge is 0.445 e. The van der Waals surface area contributed by atoms with Gasteiger partial charge in [-0.15, -0.1) is 0 Å². The molecule has 22 heavy (non-hydrogen) atoms. The first-order valence-electron chi connectivity index (χ1n) is 7.43. The van der Waals surface area contributed by atoms with Crippen LogP contribution in [-0.4, -0.2) is 22.6 Å². The minimum absolute atomic E-state index is 0.0196. The van der Waals surface area contributed by atoms with Gasteiger partial charge >= 0.3 is 6.09 Å². The lowest BCUT2D eigenvalue weighted by Gasteiger charge is -2.28. The molecule has 0 bridgehead atoms. The Labute approximate surface area is 130 Å². The highest BCUT2D eigenvalue weighted by atomic mass is 16.6. The number of benzene rings is 2. The summed E-state index contributed by atoms with van der Waals surface area (Å²) >= 11 is 0. The van der Waals surface area contributed by atoms with Crippen molar-refractivity contribution in [1.82, 2.24) is 4.90 Å². The molecule has 0 fully saturated rings. The Balaban J connectivity index is 1.62. The Morgan fingerprint density at radius 1 is 1.09 bits per heavy atom. The molecule has 1 aliphatic rings. The quantitative estimate of drug-likeness (QED) is 0.947. The van der Waals surface area contributed by atoms with E-state index in [1.165, 1.54) is 5.56 Å². The first-order valence-corrected chi connectivity index (χ1v) is 7.43. The standard InChI is InChI=1S/C18H19NO3/c20-12-15-6-7-16-8-9-19(11-17(16)10-15)18(21)22-13-14-4-2-1-3-5-14/h1-7,10,20H,8-9,11-13H2. The van der Waals surface area contributed by atoms with Crippen molar-refractivity contribution in [3.63, 3.8) is 0 Å². The molecule has 1 amide bonds. The van der Waals surface area contributed by atoms with Crippen LogP contribution in [0.25, 0.3) is 0 Å². The molecule has 4 heteroatoms. The number of amides is 1. The van der Waals surface area contributed by atoms with Crippen molar-refractivity contribution in [2.24, 2.45) is 0 Å². The summed E-state index contributed by atoms with van der Waals surface area (Å²) in [7, 11) is 0. The summed E-state index contributed by atoms with van der Waals surface area (Å²) in [5, 5.41) is 9.22. The van der Waals surface area contributed by atoms with Crippen LogP contribution < -0.4 is 0 Å². The number of carbonyl (C=O) groups is 1. The van der Waals surface area contributed by atoms with Gasteiger partial charge in [0.05, 0.1) is 6.61 Å². The Hall–Kier alpha value is -2.33. The summed E-state index contributed by atoms with van der Waals surface area (Å²) in [5.74, 6) is 0. The second-order valence-corrected chi connectivity index (χ2v) is 5.47. The fourth-order valence-electron chi connectivity index (χ4n) is 2.68. The van der Waals surface area contributed by atoms with Gasteiger partial charge in [0.25, 0.3) is 0 Å². The highest BCUT2D eigenvalue weighted by Crippen LogP contribution is 2.21. The van der Waals surface area contributed by atoms with Crippen molar-refractivity contribution in [2.75, 3.05) is 6.54 Å². The maximum absolute atomic E-state index is 12.2. The van der Waals surface area contributed by atoms with Crippen molar-refractivity contribution >= 4 is 6.09 Å². The van der Waals surface area contributed by atoms with Crippen LogP contribution in [-0.2, 0) is 30.9 Å². The van der Waals surface area contributed by atoms with Gasteiger partial charge in [-0.05, 0) is 28.7 Å². The number of hydrogen-bond donors (Lipinski definition) is 1. The van der Waals surface area contributed by atoms with Gasteiger partial charge in [-0.2, -0.15) is 0 Å². The van der Waals surface area contributed by atoms with Gasteiger partial charge in [-0.1, -0.05) is 48.5 Å². The second-order valence-electron chi connectivity index (χ2n) is 5.47. The van der Waals surface area contributed by atoms with E-state index < -0.39 is 0 Å². The molecule has 0 radical (unpaired) electrons. The van der Waals surface area contributed by atoms with Gasteiger partial charge in [0.1, 0.15) is 6.61 Å². The maximum atomic E-state index is 12.2. The fourth-order valence-corrected chi connectivity index (χ4v) is 2.68. The molecule has 1 N–H and O–H groups in total. The van der Waals surface area contributed by atoms with Crippen LogP contribution in [0.3, 0.4) is 0 Å². The number of carbonyl (C=O) groups excluding carboxylic acids is 1.